The van der Waals surface area contributed by atoms with Crippen molar-refractivity contribution >= 4 is 11.9 Å². The third kappa shape index (κ3) is 12.6. The zero-order chi connectivity index (χ0) is 13.3. The topological polar surface area (TPSA) is 52.6 Å². The van der Waals surface area contributed by atoms with Crippen LogP contribution in [0.4, 0.5) is 0 Å². The van der Waals surface area contributed by atoms with Crippen LogP contribution in [-0.2, 0) is 19.1 Å². The Balaban J connectivity index is 3.54. The molecule has 0 bridgehead atoms. The maximum atomic E-state index is 11.3. The number of unbranched alkanes of at least 4 members (excludes halogenated alkanes) is 2. The highest BCUT2D eigenvalue weighted by atomic mass is 16.6. The van der Waals surface area contributed by atoms with Crippen LogP contribution in [0.25, 0.3) is 0 Å². The SMILES string of the molecule is CC(=O)OCCCCC=CC(=O)OC(C)(C)C. The Bertz CT molecular complexity index is 274. The van der Waals surface area contributed by atoms with Gasteiger partial charge in [-0.25, -0.2) is 4.79 Å². The van der Waals surface area contributed by atoms with Crippen molar-refractivity contribution in [2.45, 2.75) is 52.6 Å². The van der Waals surface area contributed by atoms with E-state index in [1.807, 2.05) is 20.8 Å². The second-order valence-electron chi connectivity index (χ2n) is 4.77. The molecule has 0 amide bonds. The van der Waals surface area contributed by atoms with Crippen LogP contribution in [0.15, 0.2) is 12.2 Å². The van der Waals surface area contributed by atoms with Gasteiger partial charge in [0, 0.05) is 13.0 Å². The highest BCUT2D eigenvalue weighted by molar-refractivity contribution is 5.82. The Morgan fingerprint density at radius 3 is 2.35 bits per heavy atom. The molecule has 17 heavy (non-hydrogen) atoms. The molecule has 0 aromatic rings. The Morgan fingerprint density at radius 1 is 1.18 bits per heavy atom. The van der Waals surface area contributed by atoms with E-state index in [0.29, 0.717) is 6.61 Å². The van der Waals surface area contributed by atoms with E-state index in [0.717, 1.165) is 19.3 Å². The zero-order valence-electron chi connectivity index (χ0n) is 11.1. The number of esters is 2. The van der Waals surface area contributed by atoms with E-state index in [9.17, 15) is 9.59 Å². The molecule has 0 rings (SSSR count). The van der Waals surface area contributed by atoms with Crippen LogP contribution in [0.3, 0.4) is 0 Å². The van der Waals surface area contributed by atoms with Crippen molar-refractivity contribution in [3.63, 3.8) is 0 Å². The lowest BCUT2D eigenvalue weighted by atomic mass is 10.2. The zero-order valence-corrected chi connectivity index (χ0v) is 11.1. The molecule has 0 aromatic heterocycles. The summed E-state index contributed by atoms with van der Waals surface area (Å²) in [5.74, 6) is -0.577. The molecule has 0 unspecified atom stereocenters. The van der Waals surface area contributed by atoms with E-state index in [-0.39, 0.29) is 11.9 Å². The number of hydrogen-bond donors (Lipinski definition) is 0. The molecule has 0 aromatic carbocycles. The lowest BCUT2D eigenvalue weighted by Crippen LogP contribution is -2.22. The second-order valence-corrected chi connectivity index (χ2v) is 4.77. The first-order chi connectivity index (χ1) is 7.81. The van der Waals surface area contributed by atoms with Gasteiger partial charge in [-0.2, -0.15) is 0 Å². The predicted octanol–water partition coefficient (Wildman–Crippen LogP) is 2.62. The van der Waals surface area contributed by atoms with E-state index >= 15 is 0 Å². The molecule has 4 heteroatoms. The number of ether oxygens (including phenoxy) is 2. The van der Waals surface area contributed by atoms with Crippen molar-refractivity contribution in [1.29, 1.82) is 0 Å². The van der Waals surface area contributed by atoms with Crippen molar-refractivity contribution in [2.24, 2.45) is 0 Å². The van der Waals surface area contributed by atoms with E-state index in [1.54, 1.807) is 6.08 Å². The lowest BCUT2D eigenvalue weighted by Gasteiger charge is -2.17. The minimum atomic E-state index is -0.448. The van der Waals surface area contributed by atoms with Gasteiger partial charge in [-0.15, -0.1) is 0 Å². The highest BCUT2D eigenvalue weighted by Crippen LogP contribution is 2.07. The monoisotopic (exact) mass is 242 g/mol. The third-order valence-corrected chi connectivity index (χ3v) is 1.73. The lowest BCUT2D eigenvalue weighted by molar-refractivity contribution is -0.148. The average molecular weight is 242 g/mol. The molecule has 0 atom stereocenters. The molecule has 0 aliphatic carbocycles. The van der Waals surface area contributed by atoms with Crippen LogP contribution in [0.5, 0.6) is 0 Å². The van der Waals surface area contributed by atoms with Gasteiger partial charge in [-0.05, 0) is 40.0 Å². The molecule has 98 valence electrons. The second kappa shape index (κ2) is 7.87. The fourth-order valence-corrected chi connectivity index (χ4v) is 1.10. The average Bonchev–Trinajstić information content (AvgIpc) is 2.12. The minimum Gasteiger partial charge on any atom is -0.466 e. The Labute approximate surface area is 103 Å². The molecule has 0 aliphatic heterocycles. The molecule has 0 spiro atoms. The van der Waals surface area contributed by atoms with Gasteiger partial charge < -0.3 is 9.47 Å². The van der Waals surface area contributed by atoms with Gasteiger partial charge in [-0.3, -0.25) is 4.79 Å². The summed E-state index contributed by atoms with van der Waals surface area (Å²) >= 11 is 0. The summed E-state index contributed by atoms with van der Waals surface area (Å²) in [6.07, 6.45) is 5.68. The molecule has 0 N–H and O–H groups in total. The first kappa shape index (κ1) is 15.7. The van der Waals surface area contributed by atoms with Gasteiger partial charge >= 0.3 is 11.9 Å². The number of carbonyl (C=O) groups excluding carboxylic acids is 2. The van der Waals surface area contributed by atoms with Crippen molar-refractivity contribution < 1.29 is 19.1 Å². The fourth-order valence-electron chi connectivity index (χ4n) is 1.10. The molecule has 0 fully saturated rings. The first-order valence-electron chi connectivity index (χ1n) is 5.84. The number of rotatable bonds is 6. The molecular weight excluding hydrogens is 220 g/mol. The molecule has 0 heterocycles. The Hall–Kier alpha value is -1.32. The summed E-state index contributed by atoms with van der Waals surface area (Å²) in [5, 5.41) is 0. The van der Waals surface area contributed by atoms with Crippen LogP contribution in [0, 0.1) is 0 Å². The summed E-state index contributed by atoms with van der Waals surface area (Å²) in [7, 11) is 0. The van der Waals surface area contributed by atoms with Crippen molar-refractivity contribution in [3.05, 3.63) is 12.2 Å². The highest BCUT2D eigenvalue weighted by Gasteiger charge is 2.13. The number of allylic oxidation sites excluding steroid dienone is 1. The van der Waals surface area contributed by atoms with Gasteiger partial charge in [0.1, 0.15) is 5.60 Å². The Morgan fingerprint density at radius 2 is 1.82 bits per heavy atom. The fraction of sp³-hybridized carbons (Fsp3) is 0.692. The first-order valence-corrected chi connectivity index (χ1v) is 5.84. The molecule has 0 aliphatic rings. The quantitative estimate of drug-likeness (QED) is 0.408. The summed E-state index contributed by atoms with van der Waals surface area (Å²) in [4.78, 5) is 21.7. The van der Waals surface area contributed by atoms with Crippen LogP contribution in [-0.4, -0.2) is 24.1 Å². The summed E-state index contributed by atoms with van der Waals surface area (Å²) in [5.41, 5.74) is -0.448. The third-order valence-electron chi connectivity index (χ3n) is 1.73. The van der Waals surface area contributed by atoms with Crippen LogP contribution < -0.4 is 0 Å². The molecule has 0 radical (unpaired) electrons. The van der Waals surface area contributed by atoms with E-state index in [1.165, 1.54) is 13.0 Å². The number of hydrogen-bond acceptors (Lipinski definition) is 4. The van der Waals surface area contributed by atoms with Gasteiger partial charge in [0.2, 0.25) is 0 Å². The predicted molar refractivity (Wildman–Crippen MR) is 65.5 cm³/mol. The van der Waals surface area contributed by atoms with Crippen LogP contribution in [0.2, 0.25) is 0 Å². The van der Waals surface area contributed by atoms with Crippen LogP contribution >= 0.6 is 0 Å². The Kier molecular flexibility index (Phi) is 7.26. The molecule has 0 saturated carbocycles. The molecule has 0 saturated heterocycles. The van der Waals surface area contributed by atoms with Gasteiger partial charge in [0.25, 0.3) is 0 Å². The van der Waals surface area contributed by atoms with Crippen molar-refractivity contribution in [3.8, 4) is 0 Å². The van der Waals surface area contributed by atoms with Crippen LogP contribution in [0.1, 0.15) is 47.0 Å². The summed E-state index contributed by atoms with van der Waals surface area (Å²) < 4.78 is 9.88. The standard InChI is InChI=1S/C13H22O4/c1-11(14)16-10-8-6-5-7-9-12(15)17-13(2,3)4/h7,9H,5-6,8,10H2,1-4H3. The molecule has 4 nitrogen and oxygen atoms in total. The molecular formula is C13H22O4. The van der Waals surface area contributed by atoms with E-state index in [4.69, 9.17) is 9.47 Å². The summed E-state index contributed by atoms with van der Waals surface area (Å²) in [6.45, 7) is 7.32. The van der Waals surface area contributed by atoms with E-state index in [2.05, 4.69) is 0 Å². The van der Waals surface area contributed by atoms with Gasteiger partial charge in [0.05, 0.1) is 6.61 Å². The maximum Gasteiger partial charge on any atom is 0.330 e. The normalized spacial score (nSPS) is 11.5. The minimum absolute atomic E-state index is 0.255. The maximum absolute atomic E-state index is 11.3. The van der Waals surface area contributed by atoms with Gasteiger partial charge in [-0.1, -0.05) is 6.08 Å². The van der Waals surface area contributed by atoms with Gasteiger partial charge in [0.15, 0.2) is 0 Å². The summed E-state index contributed by atoms with van der Waals surface area (Å²) in [6, 6.07) is 0. The number of carbonyl (C=O) groups is 2. The van der Waals surface area contributed by atoms with Crippen molar-refractivity contribution in [1.82, 2.24) is 0 Å². The van der Waals surface area contributed by atoms with Crippen molar-refractivity contribution in [2.75, 3.05) is 6.61 Å². The smallest absolute Gasteiger partial charge is 0.330 e. The largest absolute Gasteiger partial charge is 0.466 e. The van der Waals surface area contributed by atoms with E-state index < -0.39 is 5.60 Å².